The van der Waals surface area contributed by atoms with Crippen molar-refractivity contribution >= 4 is 22.9 Å². The number of hydrogen-bond donors (Lipinski definition) is 1. The van der Waals surface area contributed by atoms with Crippen LogP contribution in [0.5, 0.6) is 5.75 Å². The summed E-state index contributed by atoms with van der Waals surface area (Å²) in [5, 5.41) is 4.07. The van der Waals surface area contributed by atoms with Gasteiger partial charge in [0.2, 0.25) is 0 Å². The lowest BCUT2D eigenvalue weighted by Gasteiger charge is -2.09. The minimum Gasteiger partial charge on any atom is -0.486 e. The molecule has 4 rings (SSSR count). The molecule has 0 bridgehead atoms. The summed E-state index contributed by atoms with van der Waals surface area (Å²) in [7, 11) is 1.98. The largest absolute Gasteiger partial charge is 0.486 e. The molecule has 3 aromatic rings. The number of pyridine rings is 1. The molecule has 130 valence electrons. The number of nitrogens with one attached hydrogen (secondary N) is 1. The second-order valence-electron chi connectivity index (χ2n) is 6.41. The Morgan fingerprint density at radius 2 is 2.12 bits per heavy atom. The first-order valence-corrected chi connectivity index (χ1v) is 9.56. The molecule has 1 atom stereocenters. The molecule has 1 saturated heterocycles. The molecule has 1 aromatic carbocycles. The Morgan fingerprint density at radius 3 is 2.84 bits per heavy atom. The normalized spacial score (nSPS) is 17.3. The molecule has 0 spiro atoms. The van der Waals surface area contributed by atoms with Gasteiger partial charge >= 0.3 is 0 Å². The maximum Gasteiger partial charge on any atom is 0.160 e. The fraction of sp³-hybridized carbons (Fsp3) is 0.368. The Balaban J connectivity index is 1.42. The average molecular weight is 354 g/mol. The third-order valence-electron chi connectivity index (χ3n) is 4.60. The van der Waals surface area contributed by atoms with Gasteiger partial charge in [-0.3, -0.25) is 0 Å². The fourth-order valence-corrected chi connectivity index (χ4v) is 4.11. The second-order valence-corrected chi connectivity index (χ2v) is 7.70. The van der Waals surface area contributed by atoms with Crippen LogP contribution in [0.2, 0.25) is 0 Å². The topological polar surface area (TPSA) is 52.0 Å². The van der Waals surface area contributed by atoms with Gasteiger partial charge in [-0.25, -0.2) is 9.97 Å². The highest BCUT2D eigenvalue weighted by molar-refractivity contribution is 8.00. The number of aryl methyl sites for hydroxylation is 2. The maximum atomic E-state index is 5.94. The zero-order chi connectivity index (χ0) is 17.2. The van der Waals surface area contributed by atoms with Crippen LogP contribution >= 0.6 is 11.8 Å². The van der Waals surface area contributed by atoms with E-state index in [-0.39, 0.29) is 0 Å². The minimum absolute atomic E-state index is 0.439. The van der Waals surface area contributed by atoms with E-state index in [0.29, 0.717) is 11.9 Å². The average Bonchev–Trinajstić information content (AvgIpc) is 3.24. The zero-order valence-corrected chi connectivity index (χ0v) is 15.3. The van der Waals surface area contributed by atoms with E-state index in [1.807, 2.05) is 35.6 Å². The van der Waals surface area contributed by atoms with Gasteiger partial charge in [0.1, 0.15) is 23.7 Å². The number of fused-ring (bicyclic) bond motifs is 1. The molecule has 2 aromatic heterocycles. The molecule has 1 N–H and O–H groups in total. The predicted molar refractivity (Wildman–Crippen MR) is 102 cm³/mol. The highest BCUT2D eigenvalue weighted by Crippen LogP contribution is 2.22. The summed E-state index contributed by atoms with van der Waals surface area (Å²) in [6.45, 7) is 3.59. The molecule has 3 heterocycles. The number of benzene rings is 1. The molecular weight excluding hydrogens is 332 g/mol. The number of thioether (sulfide) groups is 1. The minimum atomic E-state index is 0.439. The number of imidazole rings is 1. The van der Waals surface area contributed by atoms with E-state index in [9.17, 15) is 0 Å². The number of aromatic nitrogens is 3. The molecule has 0 amide bonds. The first-order chi connectivity index (χ1) is 12.2. The van der Waals surface area contributed by atoms with Crippen molar-refractivity contribution in [3.63, 3.8) is 0 Å². The van der Waals surface area contributed by atoms with Crippen LogP contribution in [0, 0.1) is 6.92 Å². The van der Waals surface area contributed by atoms with E-state index in [1.165, 1.54) is 5.56 Å². The van der Waals surface area contributed by atoms with Gasteiger partial charge in [-0.2, -0.15) is 0 Å². The highest BCUT2D eigenvalue weighted by Gasteiger charge is 2.15. The smallest absolute Gasteiger partial charge is 0.160 e. The molecule has 1 unspecified atom stereocenters. The van der Waals surface area contributed by atoms with Crippen molar-refractivity contribution in [1.29, 1.82) is 0 Å². The molecular formula is C19H22N4OS. The van der Waals surface area contributed by atoms with Crippen LogP contribution in [-0.4, -0.2) is 32.2 Å². The Labute approximate surface area is 151 Å². The molecule has 1 aliphatic rings. The van der Waals surface area contributed by atoms with Gasteiger partial charge in [0.15, 0.2) is 5.65 Å². The standard InChI is InChI=1S/C19H22N4OS/c1-13-7-8-21-19-18(13)22-17(23(19)2)11-24-15-5-3-14(4-6-15)9-16-10-20-12-25-16/h3-8,16,20H,9-12H2,1-2H3. The van der Waals surface area contributed by atoms with Crippen molar-refractivity contribution in [3.8, 4) is 5.75 Å². The lowest BCUT2D eigenvalue weighted by Crippen LogP contribution is -2.14. The van der Waals surface area contributed by atoms with E-state index in [0.717, 1.165) is 47.1 Å². The van der Waals surface area contributed by atoms with Crippen molar-refractivity contribution in [2.75, 3.05) is 12.4 Å². The van der Waals surface area contributed by atoms with E-state index in [4.69, 9.17) is 4.74 Å². The summed E-state index contributed by atoms with van der Waals surface area (Å²) < 4.78 is 7.94. The summed E-state index contributed by atoms with van der Waals surface area (Å²) in [6.07, 6.45) is 2.93. The van der Waals surface area contributed by atoms with Crippen LogP contribution in [0.4, 0.5) is 0 Å². The quantitative estimate of drug-likeness (QED) is 0.763. The second kappa shape index (κ2) is 7.06. The van der Waals surface area contributed by atoms with Crippen LogP contribution in [0.15, 0.2) is 36.5 Å². The number of ether oxygens (including phenoxy) is 1. The third-order valence-corrected chi connectivity index (χ3v) is 5.78. The van der Waals surface area contributed by atoms with Crippen molar-refractivity contribution in [2.24, 2.45) is 7.05 Å². The van der Waals surface area contributed by atoms with Crippen LogP contribution in [0.3, 0.4) is 0 Å². The van der Waals surface area contributed by atoms with Gasteiger partial charge in [0.25, 0.3) is 0 Å². The third kappa shape index (κ3) is 3.50. The summed E-state index contributed by atoms with van der Waals surface area (Å²) in [4.78, 5) is 9.09. The Kier molecular flexibility index (Phi) is 4.63. The Bertz CT molecular complexity index is 869. The van der Waals surface area contributed by atoms with E-state index >= 15 is 0 Å². The fourth-order valence-electron chi connectivity index (χ4n) is 3.09. The molecule has 1 fully saturated rings. The molecule has 0 aliphatic carbocycles. The summed E-state index contributed by atoms with van der Waals surface area (Å²) >= 11 is 1.99. The van der Waals surface area contributed by atoms with Crippen LogP contribution < -0.4 is 10.1 Å². The predicted octanol–water partition coefficient (Wildman–Crippen LogP) is 3.06. The van der Waals surface area contributed by atoms with Crippen molar-refractivity contribution in [3.05, 3.63) is 53.5 Å². The number of hydrogen-bond acceptors (Lipinski definition) is 5. The Hall–Kier alpha value is -2.05. The monoisotopic (exact) mass is 354 g/mol. The first-order valence-electron chi connectivity index (χ1n) is 8.51. The molecule has 0 saturated carbocycles. The molecule has 25 heavy (non-hydrogen) atoms. The van der Waals surface area contributed by atoms with E-state index in [2.05, 4.69) is 46.5 Å². The van der Waals surface area contributed by atoms with Crippen LogP contribution in [0.1, 0.15) is 17.0 Å². The highest BCUT2D eigenvalue weighted by atomic mass is 32.2. The lowest BCUT2D eigenvalue weighted by molar-refractivity contribution is 0.292. The van der Waals surface area contributed by atoms with Gasteiger partial charge in [0, 0.05) is 30.9 Å². The Morgan fingerprint density at radius 1 is 1.28 bits per heavy atom. The number of nitrogens with zero attached hydrogens (tertiary/aromatic N) is 3. The summed E-state index contributed by atoms with van der Waals surface area (Å²) in [6, 6.07) is 10.4. The maximum absolute atomic E-state index is 5.94. The van der Waals surface area contributed by atoms with Gasteiger partial charge in [-0.05, 0) is 42.7 Å². The lowest BCUT2D eigenvalue weighted by atomic mass is 10.1. The summed E-state index contributed by atoms with van der Waals surface area (Å²) in [5.41, 5.74) is 4.34. The molecule has 6 heteroatoms. The summed E-state index contributed by atoms with van der Waals surface area (Å²) in [5.74, 6) is 2.82. The van der Waals surface area contributed by atoms with Crippen LogP contribution in [-0.2, 0) is 20.1 Å². The van der Waals surface area contributed by atoms with Gasteiger partial charge in [0.05, 0.1) is 0 Å². The van der Waals surface area contributed by atoms with Crippen molar-refractivity contribution < 1.29 is 4.74 Å². The van der Waals surface area contributed by atoms with Crippen molar-refractivity contribution in [2.45, 2.75) is 25.2 Å². The van der Waals surface area contributed by atoms with Crippen LogP contribution in [0.25, 0.3) is 11.2 Å². The van der Waals surface area contributed by atoms with E-state index < -0.39 is 0 Å². The number of rotatable bonds is 5. The molecule has 0 radical (unpaired) electrons. The van der Waals surface area contributed by atoms with Gasteiger partial charge in [-0.15, -0.1) is 11.8 Å². The van der Waals surface area contributed by atoms with Crippen molar-refractivity contribution in [1.82, 2.24) is 19.9 Å². The van der Waals surface area contributed by atoms with Gasteiger partial charge < -0.3 is 14.6 Å². The molecule has 5 nitrogen and oxygen atoms in total. The SMILES string of the molecule is Cc1ccnc2c1nc(COc1ccc(CC3CNCS3)cc1)n2C. The molecule has 1 aliphatic heterocycles. The zero-order valence-electron chi connectivity index (χ0n) is 14.5. The van der Waals surface area contributed by atoms with E-state index in [1.54, 1.807) is 0 Å². The first kappa shape index (κ1) is 16.4. The van der Waals surface area contributed by atoms with Gasteiger partial charge in [-0.1, -0.05) is 12.1 Å².